The van der Waals surface area contributed by atoms with Crippen LogP contribution in [0.3, 0.4) is 0 Å². The molecule has 1 aromatic rings. The highest BCUT2D eigenvalue weighted by Crippen LogP contribution is 2.06. The van der Waals surface area contributed by atoms with Gasteiger partial charge in [0.05, 0.1) is 0 Å². The second-order valence-electron chi connectivity index (χ2n) is 4.14. The molecule has 17 heavy (non-hydrogen) atoms. The fourth-order valence-corrected chi connectivity index (χ4v) is 1.64. The van der Waals surface area contributed by atoms with Crippen molar-refractivity contribution < 1.29 is 9.59 Å². The molecule has 0 bridgehead atoms. The second-order valence-corrected chi connectivity index (χ2v) is 4.14. The number of hydrogen-bond donors (Lipinski definition) is 0. The lowest BCUT2D eigenvalue weighted by atomic mass is 10.1. The van der Waals surface area contributed by atoms with E-state index >= 15 is 0 Å². The van der Waals surface area contributed by atoms with Crippen molar-refractivity contribution in [1.82, 2.24) is 0 Å². The minimum Gasteiger partial charge on any atom is -0.290 e. The zero-order valence-electron chi connectivity index (χ0n) is 10.4. The molecule has 0 saturated carbocycles. The number of ketones is 2. The van der Waals surface area contributed by atoms with Gasteiger partial charge in [-0.15, -0.1) is 0 Å². The molecule has 0 fully saturated rings. The third kappa shape index (κ3) is 5.07. The minimum atomic E-state index is -0.121. The van der Waals surface area contributed by atoms with E-state index in [4.69, 9.17) is 0 Å². The molecular weight excluding hydrogens is 212 g/mol. The molecule has 88 valence electrons. The Hall–Kier alpha value is -1.96. The van der Waals surface area contributed by atoms with Gasteiger partial charge in [-0.3, -0.25) is 9.59 Å². The average molecular weight is 228 g/mol. The van der Waals surface area contributed by atoms with Gasteiger partial charge >= 0.3 is 0 Å². The lowest BCUT2D eigenvalue weighted by molar-refractivity contribution is -0.113. The summed E-state index contributed by atoms with van der Waals surface area (Å²) in [5.74, 6) is -0.241. The average Bonchev–Trinajstić information content (AvgIpc) is 2.21. The number of allylic oxidation sites excluding steroid dienone is 4. The van der Waals surface area contributed by atoms with Crippen LogP contribution < -0.4 is 0 Å². The van der Waals surface area contributed by atoms with Gasteiger partial charge in [0.15, 0.2) is 11.6 Å². The molecule has 0 heterocycles. The van der Waals surface area contributed by atoms with Gasteiger partial charge in [0.2, 0.25) is 0 Å². The third-order valence-electron chi connectivity index (χ3n) is 2.19. The summed E-state index contributed by atoms with van der Waals surface area (Å²) in [6.07, 6.45) is 5.01. The Labute approximate surface area is 102 Å². The van der Waals surface area contributed by atoms with Crippen molar-refractivity contribution in [1.29, 1.82) is 0 Å². The zero-order chi connectivity index (χ0) is 12.8. The van der Waals surface area contributed by atoms with Crippen molar-refractivity contribution in [2.75, 3.05) is 0 Å². The number of carbonyl (C=O) groups excluding carboxylic acids is 2. The Morgan fingerprint density at radius 3 is 1.06 bits per heavy atom. The van der Waals surface area contributed by atoms with Crippen LogP contribution in [-0.4, -0.2) is 11.6 Å². The van der Waals surface area contributed by atoms with Crippen LogP contribution in [0.4, 0.5) is 0 Å². The Balaban J connectivity index is 0.000000171. The number of benzene rings is 1. The molecule has 0 radical (unpaired) electrons. The molecule has 0 amide bonds. The summed E-state index contributed by atoms with van der Waals surface area (Å²) in [5, 5.41) is 0. The maximum Gasteiger partial charge on any atom is 0.178 e. The van der Waals surface area contributed by atoms with Crippen LogP contribution in [0, 0.1) is 20.8 Å². The van der Waals surface area contributed by atoms with Gasteiger partial charge in [-0.25, -0.2) is 0 Å². The molecule has 0 saturated heterocycles. The third-order valence-corrected chi connectivity index (χ3v) is 2.19. The second kappa shape index (κ2) is 5.94. The number of carbonyl (C=O) groups is 2. The quantitative estimate of drug-likeness (QED) is 0.640. The predicted molar refractivity (Wildman–Crippen MR) is 68.9 cm³/mol. The molecule has 0 aromatic heterocycles. The maximum absolute atomic E-state index is 10.3. The summed E-state index contributed by atoms with van der Waals surface area (Å²) >= 11 is 0. The molecular formula is C15H16O2. The summed E-state index contributed by atoms with van der Waals surface area (Å²) in [4.78, 5) is 20.6. The first-order valence-electron chi connectivity index (χ1n) is 5.46. The molecule has 0 atom stereocenters. The van der Waals surface area contributed by atoms with Gasteiger partial charge in [-0.1, -0.05) is 34.9 Å². The van der Waals surface area contributed by atoms with Gasteiger partial charge in [0.25, 0.3) is 0 Å². The van der Waals surface area contributed by atoms with Crippen LogP contribution in [0.15, 0.2) is 42.5 Å². The van der Waals surface area contributed by atoms with Gasteiger partial charge in [-0.2, -0.15) is 0 Å². The first-order chi connectivity index (χ1) is 7.97. The molecule has 1 aliphatic carbocycles. The topological polar surface area (TPSA) is 34.1 Å². The van der Waals surface area contributed by atoms with E-state index in [2.05, 4.69) is 39.0 Å². The number of hydrogen-bond acceptors (Lipinski definition) is 2. The van der Waals surface area contributed by atoms with Crippen molar-refractivity contribution in [3.63, 3.8) is 0 Å². The molecule has 0 N–H and O–H groups in total. The standard InChI is InChI=1S/C9H12.C6H4O2/c1-7-4-8(2)6-9(3)5-7;7-5-1-2-6(8)4-3-5/h4-6H,1-3H3;1-4H. The van der Waals surface area contributed by atoms with E-state index in [1.54, 1.807) is 0 Å². The fraction of sp³-hybridized carbons (Fsp3) is 0.200. The van der Waals surface area contributed by atoms with E-state index in [1.165, 1.54) is 41.0 Å². The Morgan fingerprint density at radius 1 is 0.588 bits per heavy atom. The molecule has 0 aliphatic heterocycles. The van der Waals surface area contributed by atoms with Crippen LogP contribution in [0.5, 0.6) is 0 Å². The van der Waals surface area contributed by atoms with Gasteiger partial charge < -0.3 is 0 Å². The van der Waals surface area contributed by atoms with Crippen molar-refractivity contribution >= 4 is 11.6 Å². The lowest BCUT2D eigenvalue weighted by Crippen LogP contribution is -1.97. The first kappa shape index (κ1) is 13.1. The predicted octanol–water partition coefficient (Wildman–Crippen LogP) is 2.86. The maximum atomic E-state index is 10.3. The fourth-order valence-electron chi connectivity index (χ4n) is 1.64. The van der Waals surface area contributed by atoms with Crippen LogP contribution >= 0.6 is 0 Å². The summed E-state index contributed by atoms with van der Waals surface area (Å²) in [6, 6.07) is 6.56. The lowest BCUT2D eigenvalue weighted by Gasteiger charge is -1.96. The van der Waals surface area contributed by atoms with E-state index in [9.17, 15) is 9.59 Å². The molecule has 1 aromatic carbocycles. The smallest absolute Gasteiger partial charge is 0.178 e. The van der Waals surface area contributed by atoms with E-state index in [0.717, 1.165) is 0 Å². The summed E-state index contributed by atoms with van der Waals surface area (Å²) < 4.78 is 0. The van der Waals surface area contributed by atoms with Crippen molar-refractivity contribution in [3.05, 3.63) is 59.2 Å². The van der Waals surface area contributed by atoms with Gasteiger partial charge in [-0.05, 0) is 45.1 Å². The normalized spacial score (nSPS) is 13.4. The number of aryl methyl sites for hydroxylation is 3. The van der Waals surface area contributed by atoms with Gasteiger partial charge in [0, 0.05) is 0 Å². The largest absolute Gasteiger partial charge is 0.290 e. The summed E-state index contributed by atoms with van der Waals surface area (Å²) in [5.41, 5.74) is 4.06. The number of rotatable bonds is 0. The van der Waals surface area contributed by atoms with Crippen LogP contribution in [0.2, 0.25) is 0 Å². The summed E-state index contributed by atoms with van der Waals surface area (Å²) in [7, 11) is 0. The molecule has 2 nitrogen and oxygen atoms in total. The highest BCUT2D eigenvalue weighted by Gasteiger charge is 1.97. The highest BCUT2D eigenvalue weighted by atomic mass is 16.1. The summed E-state index contributed by atoms with van der Waals surface area (Å²) in [6.45, 7) is 6.38. The van der Waals surface area contributed by atoms with Crippen LogP contribution in [0.25, 0.3) is 0 Å². The molecule has 0 unspecified atom stereocenters. The van der Waals surface area contributed by atoms with E-state index < -0.39 is 0 Å². The highest BCUT2D eigenvalue weighted by molar-refractivity contribution is 6.14. The zero-order valence-corrected chi connectivity index (χ0v) is 10.4. The molecule has 1 aliphatic rings. The van der Waals surface area contributed by atoms with Crippen molar-refractivity contribution in [3.8, 4) is 0 Å². The Morgan fingerprint density at radius 2 is 0.824 bits per heavy atom. The SMILES string of the molecule is Cc1cc(C)cc(C)c1.O=C1C=CC(=O)C=C1. The van der Waals surface area contributed by atoms with Crippen molar-refractivity contribution in [2.24, 2.45) is 0 Å². The molecule has 0 spiro atoms. The van der Waals surface area contributed by atoms with Crippen LogP contribution in [0.1, 0.15) is 16.7 Å². The molecule has 2 heteroatoms. The van der Waals surface area contributed by atoms with E-state index in [1.807, 2.05) is 0 Å². The Bertz CT molecular complexity index is 405. The molecule has 2 rings (SSSR count). The first-order valence-corrected chi connectivity index (χ1v) is 5.46. The minimum absolute atomic E-state index is 0.121. The van der Waals surface area contributed by atoms with E-state index in [-0.39, 0.29) is 11.6 Å². The van der Waals surface area contributed by atoms with Crippen LogP contribution in [-0.2, 0) is 9.59 Å². The Kier molecular flexibility index (Phi) is 4.58. The monoisotopic (exact) mass is 228 g/mol. The van der Waals surface area contributed by atoms with Crippen molar-refractivity contribution in [2.45, 2.75) is 20.8 Å². The van der Waals surface area contributed by atoms with E-state index in [0.29, 0.717) is 0 Å². The van der Waals surface area contributed by atoms with Gasteiger partial charge in [0.1, 0.15) is 0 Å².